The fourth-order valence-corrected chi connectivity index (χ4v) is 3.38. The van der Waals surface area contributed by atoms with Crippen molar-refractivity contribution >= 4 is 11.8 Å². The predicted molar refractivity (Wildman–Crippen MR) is 79.6 cm³/mol. The van der Waals surface area contributed by atoms with Crippen molar-refractivity contribution in [3.05, 3.63) is 0 Å². The van der Waals surface area contributed by atoms with Crippen LogP contribution in [0.15, 0.2) is 0 Å². The van der Waals surface area contributed by atoms with E-state index >= 15 is 0 Å². The van der Waals surface area contributed by atoms with Gasteiger partial charge in [-0.25, -0.2) is 0 Å². The molecule has 0 aromatic carbocycles. The van der Waals surface area contributed by atoms with Crippen LogP contribution in [0.1, 0.15) is 44.9 Å². The van der Waals surface area contributed by atoms with Crippen molar-refractivity contribution in [2.45, 2.75) is 63.1 Å². The number of carbonyl (C=O) groups excluding carboxylic acids is 2. The molecular weight excluding hydrogens is 270 g/mol. The van der Waals surface area contributed by atoms with Gasteiger partial charge >= 0.3 is 0 Å². The fraction of sp³-hybridized carbons (Fsp3) is 0.867. The van der Waals surface area contributed by atoms with Crippen LogP contribution in [0.25, 0.3) is 0 Å². The number of nitrogens with zero attached hydrogens (tertiary/aromatic N) is 1. The molecule has 3 N–H and O–H groups in total. The van der Waals surface area contributed by atoms with Gasteiger partial charge in [-0.1, -0.05) is 25.7 Å². The highest BCUT2D eigenvalue weighted by molar-refractivity contribution is 5.83. The Bertz CT molecular complexity index is 367. The second-order valence-electron chi connectivity index (χ2n) is 6.20. The van der Waals surface area contributed by atoms with Gasteiger partial charge < -0.3 is 15.8 Å². The lowest BCUT2D eigenvalue weighted by Gasteiger charge is -2.23. The summed E-state index contributed by atoms with van der Waals surface area (Å²) in [6.45, 7) is 0.812. The zero-order valence-electron chi connectivity index (χ0n) is 12.8. The van der Waals surface area contributed by atoms with Crippen LogP contribution in [0, 0.1) is 0 Å². The summed E-state index contributed by atoms with van der Waals surface area (Å²) < 4.78 is 5.29. The van der Waals surface area contributed by atoms with Gasteiger partial charge in [-0.05, 0) is 19.3 Å². The maximum Gasteiger partial charge on any atom is 0.234 e. The van der Waals surface area contributed by atoms with E-state index in [1.54, 1.807) is 7.11 Å². The third-order valence-corrected chi connectivity index (χ3v) is 4.59. The van der Waals surface area contributed by atoms with Crippen molar-refractivity contribution in [3.8, 4) is 0 Å². The van der Waals surface area contributed by atoms with E-state index in [4.69, 9.17) is 10.5 Å². The topological polar surface area (TPSA) is 84.7 Å². The molecular formula is C15H27N3O3. The Morgan fingerprint density at radius 2 is 1.90 bits per heavy atom. The summed E-state index contributed by atoms with van der Waals surface area (Å²) in [5.74, 6) is -0.387. The van der Waals surface area contributed by atoms with Crippen molar-refractivity contribution < 1.29 is 14.3 Å². The number of rotatable bonds is 5. The van der Waals surface area contributed by atoms with Gasteiger partial charge in [0.2, 0.25) is 11.8 Å². The van der Waals surface area contributed by atoms with Crippen LogP contribution in [-0.4, -0.2) is 55.1 Å². The third kappa shape index (κ3) is 4.68. The molecule has 2 atom stereocenters. The quantitative estimate of drug-likeness (QED) is 0.719. The van der Waals surface area contributed by atoms with Crippen LogP contribution < -0.4 is 11.1 Å². The first kappa shape index (κ1) is 16.2. The van der Waals surface area contributed by atoms with Gasteiger partial charge in [0.15, 0.2) is 0 Å². The molecule has 0 aromatic heterocycles. The number of hydrogen-bond donors (Lipinski definition) is 2. The molecule has 1 saturated carbocycles. The minimum Gasteiger partial charge on any atom is -0.380 e. The fourth-order valence-electron chi connectivity index (χ4n) is 3.38. The summed E-state index contributed by atoms with van der Waals surface area (Å²) >= 11 is 0. The average molecular weight is 297 g/mol. The van der Waals surface area contributed by atoms with Crippen molar-refractivity contribution in [2.75, 3.05) is 20.2 Å². The average Bonchev–Trinajstić information content (AvgIpc) is 2.67. The molecule has 6 heteroatoms. The first-order chi connectivity index (χ1) is 10.1. The van der Waals surface area contributed by atoms with Gasteiger partial charge in [0, 0.05) is 19.7 Å². The molecule has 2 fully saturated rings. The number of nitrogens with two attached hydrogens (primary N) is 1. The molecule has 21 heavy (non-hydrogen) atoms. The highest BCUT2D eigenvalue weighted by Crippen LogP contribution is 2.20. The zero-order chi connectivity index (χ0) is 15.2. The van der Waals surface area contributed by atoms with Crippen molar-refractivity contribution in [1.82, 2.24) is 10.2 Å². The van der Waals surface area contributed by atoms with Gasteiger partial charge in [-0.2, -0.15) is 0 Å². The van der Waals surface area contributed by atoms with E-state index in [-0.39, 0.29) is 30.5 Å². The molecule has 1 heterocycles. The van der Waals surface area contributed by atoms with Gasteiger partial charge in [0.25, 0.3) is 0 Å². The molecule has 120 valence electrons. The number of nitrogens with one attached hydrogen (secondary N) is 1. The van der Waals surface area contributed by atoms with E-state index in [0.717, 1.165) is 12.8 Å². The summed E-state index contributed by atoms with van der Waals surface area (Å²) in [4.78, 5) is 25.5. The van der Waals surface area contributed by atoms with Crippen LogP contribution in [0.4, 0.5) is 0 Å². The minimum atomic E-state index is -0.394. The summed E-state index contributed by atoms with van der Waals surface area (Å²) in [6, 6.07) is -0.109. The number of primary amides is 1. The lowest BCUT2D eigenvalue weighted by molar-refractivity contribution is -0.126. The van der Waals surface area contributed by atoms with Gasteiger partial charge in [0.1, 0.15) is 0 Å². The first-order valence-electron chi connectivity index (χ1n) is 7.95. The second kappa shape index (κ2) is 7.75. The summed E-state index contributed by atoms with van der Waals surface area (Å²) in [5.41, 5.74) is 5.42. The van der Waals surface area contributed by atoms with Crippen molar-refractivity contribution in [3.63, 3.8) is 0 Å². The highest BCUT2D eigenvalue weighted by Gasteiger charge is 2.36. The maximum absolute atomic E-state index is 12.2. The molecule has 0 aromatic rings. The molecule has 1 saturated heterocycles. The molecule has 0 spiro atoms. The van der Waals surface area contributed by atoms with Crippen LogP contribution in [-0.2, 0) is 14.3 Å². The molecule has 1 aliphatic heterocycles. The lowest BCUT2D eigenvalue weighted by atomic mass is 10.1. The van der Waals surface area contributed by atoms with E-state index in [1.807, 2.05) is 4.90 Å². The number of likely N-dealkylation sites (tertiary alicyclic amines) is 1. The monoisotopic (exact) mass is 297 g/mol. The molecule has 2 aliphatic rings. The smallest absolute Gasteiger partial charge is 0.234 e. The van der Waals surface area contributed by atoms with E-state index < -0.39 is 6.04 Å². The Hall–Kier alpha value is -1.14. The van der Waals surface area contributed by atoms with Gasteiger partial charge in [-0.15, -0.1) is 0 Å². The Labute approximate surface area is 126 Å². The number of hydrogen-bond acceptors (Lipinski definition) is 4. The zero-order valence-corrected chi connectivity index (χ0v) is 12.8. The SMILES string of the molecule is CO[C@H]1C[C@@H](C(N)=O)N(CC(=O)NC2CCCCCC2)C1. The predicted octanol–water partition coefficient (Wildman–Crippen LogP) is 0.400. The van der Waals surface area contributed by atoms with Gasteiger partial charge in [-0.3, -0.25) is 14.5 Å². The molecule has 0 bridgehead atoms. The first-order valence-corrected chi connectivity index (χ1v) is 7.95. The molecule has 2 amide bonds. The molecule has 0 radical (unpaired) electrons. The lowest BCUT2D eigenvalue weighted by Crippen LogP contribution is -2.47. The van der Waals surface area contributed by atoms with Crippen LogP contribution in [0.3, 0.4) is 0 Å². The standard InChI is InChI=1S/C15H27N3O3/c1-21-12-8-13(15(16)20)18(9-12)10-14(19)17-11-6-4-2-3-5-7-11/h11-13H,2-10H2,1H3,(H2,16,20)(H,17,19)/t12-,13-/m0/s1. The van der Waals surface area contributed by atoms with Crippen LogP contribution in [0.2, 0.25) is 0 Å². The van der Waals surface area contributed by atoms with E-state index in [9.17, 15) is 9.59 Å². The second-order valence-corrected chi connectivity index (χ2v) is 6.20. The maximum atomic E-state index is 12.2. The van der Waals surface area contributed by atoms with E-state index in [1.165, 1.54) is 25.7 Å². The Morgan fingerprint density at radius 1 is 1.24 bits per heavy atom. The Balaban J connectivity index is 1.84. The van der Waals surface area contributed by atoms with Crippen molar-refractivity contribution in [2.24, 2.45) is 5.73 Å². The minimum absolute atomic E-state index is 0.00935. The summed E-state index contributed by atoms with van der Waals surface area (Å²) in [5, 5.41) is 3.10. The Kier molecular flexibility index (Phi) is 5.99. The number of ether oxygens (including phenoxy) is 1. The summed E-state index contributed by atoms with van der Waals surface area (Å²) in [7, 11) is 1.62. The number of amides is 2. The van der Waals surface area contributed by atoms with Crippen LogP contribution in [0.5, 0.6) is 0 Å². The van der Waals surface area contributed by atoms with Crippen molar-refractivity contribution in [1.29, 1.82) is 0 Å². The molecule has 0 unspecified atom stereocenters. The number of methoxy groups -OCH3 is 1. The summed E-state index contributed by atoms with van der Waals surface area (Å²) in [6.07, 6.45) is 7.57. The van der Waals surface area contributed by atoms with E-state index in [0.29, 0.717) is 13.0 Å². The van der Waals surface area contributed by atoms with Crippen LogP contribution >= 0.6 is 0 Å². The number of carbonyl (C=O) groups is 2. The largest absolute Gasteiger partial charge is 0.380 e. The van der Waals surface area contributed by atoms with E-state index in [2.05, 4.69) is 5.32 Å². The third-order valence-electron chi connectivity index (χ3n) is 4.59. The Morgan fingerprint density at radius 3 is 2.48 bits per heavy atom. The molecule has 1 aliphatic carbocycles. The molecule has 2 rings (SSSR count). The normalized spacial score (nSPS) is 28.2. The highest BCUT2D eigenvalue weighted by atomic mass is 16.5. The van der Waals surface area contributed by atoms with Gasteiger partial charge in [0.05, 0.1) is 18.7 Å². The molecule has 6 nitrogen and oxygen atoms in total.